The topological polar surface area (TPSA) is 89.1 Å². The van der Waals surface area contributed by atoms with Crippen LogP contribution in [0.3, 0.4) is 0 Å². The van der Waals surface area contributed by atoms with E-state index in [0.29, 0.717) is 18.5 Å². The quantitative estimate of drug-likeness (QED) is 0.636. The van der Waals surface area contributed by atoms with Crippen molar-refractivity contribution in [1.29, 1.82) is 0 Å². The lowest BCUT2D eigenvalue weighted by Gasteiger charge is -1.91. The minimum absolute atomic E-state index is 0.227. The van der Waals surface area contributed by atoms with E-state index in [-0.39, 0.29) is 5.82 Å². The summed E-state index contributed by atoms with van der Waals surface area (Å²) in [6.45, 7) is 0.501. The van der Waals surface area contributed by atoms with Crippen LogP contribution in [0.4, 0.5) is 0 Å². The van der Waals surface area contributed by atoms with Crippen LogP contribution in [0.15, 0.2) is 12.4 Å². The van der Waals surface area contributed by atoms with Crippen molar-refractivity contribution in [2.75, 3.05) is 6.54 Å². The first-order valence-electron chi connectivity index (χ1n) is 3.98. The van der Waals surface area contributed by atoms with Gasteiger partial charge in [-0.3, -0.25) is 0 Å². The number of aromatic carboxylic acids is 1. The first-order valence-corrected chi connectivity index (χ1v) is 3.98. The van der Waals surface area contributed by atoms with Gasteiger partial charge < -0.3 is 10.8 Å². The zero-order chi connectivity index (χ0) is 10.4. The summed E-state index contributed by atoms with van der Waals surface area (Å²) in [7, 11) is 0. The van der Waals surface area contributed by atoms with E-state index in [4.69, 9.17) is 10.8 Å². The number of hydrogen-bond acceptors (Lipinski definition) is 4. The Morgan fingerprint density at radius 2 is 2.14 bits per heavy atom. The number of carboxylic acid groups (broad SMARTS) is 1. The molecule has 5 nitrogen and oxygen atoms in total. The van der Waals surface area contributed by atoms with Crippen LogP contribution in [0.5, 0.6) is 0 Å². The molecule has 72 valence electrons. The molecule has 1 aromatic rings. The summed E-state index contributed by atoms with van der Waals surface area (Å²) in [6.07, 6.45) is 3.35. The summed E-state index contributed by atoms with van der Waals surface area (Å²) in [5.74, 6) is 4.19. The molecule has 14 heavy (non-hydrogen) atoms. The van der Waals surface area contributed by atoms with Gasteiger partial charge in [-0.15, -0.1) is 0 Å². The molecule has 0 aliphatic heterocycles. The molecule has 3 N–H and O–H groups in total. The molecule has 0 unspecified atom stereocenters. The Hall–Kier alpha value is -1.93. The van der Waals surface area contributed by atoms with E-state index in [1.807, 2.05) is 0 Å². The SMILES string of the molecule is NCCC#Cc1cnc(C(=O)O)nc1. The highest BCUT2D eigenvalue weighted by Crippen LogP contribution is 1.93. The van der Waals surface area contributed by atoms with E-state index in [2.05, 4.69) is 21.8 Å². The maximum absolute atomic E-state index is 10.4. The van der Waals surface area contributed by atoms with Crippen LogP contribution in [0.1, 0.15) is 22.6 Å². The van der Waals surface area contributed by atoms with Crippen LogP contribution in [-0.4, -0.2) is 27.6 Å². The maximum Gasteiger partial charge on any atom is 0.373 e. The monoisotopic (exact) mass is 191 g/mol. The number of carboxylic acids is 1. The third-order valence-electron chi connectivity index (χ3n) is 1.35. The Bertz CT molecular complexity index is 375. The van der Waals surface area contributed by atoms with Crippen molar-refractivity contribution in [3.63, 3.8) is 0 Å². The fraction of sp³-hybridized carbons (Fsp3) is 0.222. The van der Waals surface area contributed by atoms with Crippen molar-refractivity contribution in [2.24, 2.45) is 5.73 Å². The second-order valence-corrected chi connectivity index (χ2v) is 2.44. The molecule has 0 aliphatic rings. The number of hydrogen-bond donors (Lipinski definition) is 2. The Kier molecular flexibility index (Phi) is 3.58. The fourth-order valence-electron chi connectivity index (χ4n) is 0.740. The van der Waals surface area contributed by atoms with Crippen LogP contribution < -0.4 is 5.73 Å². The van der Waals surface area contributed by atoms with E-state index in [0.717, 1.165) is 0 Å². The Morgan fingerprint density at radius 3 is 2.64 bits per heavy atom. The Morgan fingerprint density at radius 1 is 1.50 bits per heavy atom. The van der Waals surface area contributed by atoms with Crippen LogP contribution in [0.2, 0.25) is 0 Å². The van der Waals surface area contributed by atoms with Gasteiger partial charge in [-0.2, -0.15) is 0 Å². The van der Waals surface area contributed by atoms with Crippen molar-refractivity contribution in [3.05, 3.63) is 23.8 Å². The van der Waals surface area contributed by atoms with Gasteiger partial charge >= 0.3 is 5.97 Å². The molecule has 0 bridgehead atoms. The Labute approximate surface area is 81.0 Å². The molecule has 0 aromatic carbocycles. The highest BCUT2D eigenvalue weighted by atomic mass is 16.4. The van der Waals surface area contributed by atoms with Crippen LogP contribution in [0.25, 0.3) is 0 Å². The van der Waals surface area contributed by atoms with E-state index in [1.54, 1.807) is 0 Å². The van der Waals surface area contributed by atoms with Crippen LogP contribution in [0, 0.1) is 11.8 Å². The summed E-state index contributed by atoms with van der Waals surface area (Å²) in [4.78, 5) is 17.6. The molecule has 0 saturated heterocycles. The second-order valence-electron chi connectivity index (χ2n) is 2.44. The molecule has 0 fully saturated rings. The number of nitrogens with two attached hydrogens (primary N) is 1. The van der Waals surface area contributed by atoms with Gasteiger partial charge in [0.25, 0.3) is 0 Å². The first-order chi connectivity index (χ1) is 6.74. The van der Waals surface area contributed by atoms with Crippen molar-refractivity contribution in [1.82, 2.24) is 9.97 Å². The standard InChI is InChI=1S/C9H9N3O2/c10-4-2-1-3-7-5-11-8(9(13)14)12-6-7/h5-6H,2,4,10H2,(H,13,14). The fourth-order valence-corrected chi connectivity index (χ4v) is 0.740. The third kappa shape index (κ3) is 2.84. The lowest BCUT2D eigenvalue weighted by atomic mass is 10.3. The smallest absolute Gasteiger partial charge is 0.373 e. The van der Waals surface area contributed by atoms with Gasteiger partial charge in [-0.05, 0) is 0 Å². The van der Waals surface area contributed by atoms with Crippen LogP contribution >= 0.6 is 0 Å². The van der Waals surface area contributed by atoms with Gasteiger partial charge in [0.15, 0.2) is 0 Å². The number of aromatic nitrogens is 2. The van der Waals surface area contributed by atoms with E-state index in [9.17, 15) is 4.79 Å². The molecule has 0 atom stereocenters. The van der Waals surface area contributed by atoms with Crippen LogP contribution in [-0.2, 0) is 0 Å². The summed E-state index contributed by atoms with van der Waals surface area (Å²) < 4.78 is 0. The van der Waals surface area contributed by atoms with Gasteiger partial charge in [-0.25, -0.2) is 14.8 Å². The minimum Gasteiger partial charge on any atom is -0.475 e. The molecule has 5 heteroatoms. The first kappa shape index (κ1) is 10.2. The zero-order valence-corrected chi connectivity index (χ0v) is 7.40. The normalized spacial score (nSPS) is 8.93. The molecule has 0 aliphatic carbocycles. The molecule has 1 heterocycles. The molecule has 0 amide bonds. The van der Waals surface area contributed by atoms with Gasteiger partial charge in [0, 0.05) is 25.4 Å². The summed E-state index contributed by atoms with van der Waals surface area (Å²) in [6, 6.07) is 0. The van der Waals surface area contributed by atoms with Crippen molar-refractivity contribution < 1.29 is 9.90 Å². The molecule has 0 spiro atoms. The van der Waals surface area contributed by atoms with Crippen molar-refractivity contribution >= 4 is 5.97 Å². The van der Waals surface area contributed by atoms with Gasteiger partial charge in [0.05, 0.1) is 5.56 Å². The molecule has 0 saturated carbocycles. The molecule has 0 radical (unpaired) electrons. The summed E-state index contributed by atoms with van der Waals surface area (Å²) in [5.41, 5.74) is 5.83. The lowest BCUT2D eigenvalue weighted by Crippen LogP contribution is -2.03. The molecule has 1 aromatic heterocycles. The van der Waals surface area contributed by atoms with Crippen molar-refractivity contribution in [3.8, 4) is 11.8 Å². The predicted octanol–water partition coefficient (Wildman–Crippen LogP) is -0.125. The molecule has 1 rings (SSSR count). The average Bonchev–Trinajstić information content (AvgIpc) is 2.19. The van der Waals surface area contributed by atoms with Gasteiger partial charge in [-0.1, -0.05) is 11.8 Å². The highest BCUT2D eigenvalue weighted by molar-refractivity contribution is 5.82. The number of carbonyl (C=O) groups is 1. The largest absolute Gasteiger partial charge is 0.475 e. The van der Waals surface area contributed by atoms with Gasteiger partial charge in [0.1, 0.15) is 0 Å². The van der Waals surface area contributed by atoms with E-state index >= 15 is 0 Å². The highest BCUT2D eigenvalue weighted by Gasteiger charge is 2.03. The second kappa shape index (κ2) is 4.94. The number of nitrogens with zero attached hydrogens (tertiary/aromatic N) is 2. The predicted molar refractivity (Wildman–Crippen MR) is 49.5 cm³/mol. The third-order valence-corrected chi connectivity index (χ3v) is 1.35. The van der Waals surface area contributed by atoms with E-state index < -0.39 is 5.97 Å². The minimum atomic E-state index is -1.15. The van der Waals surface area contributed by atoms with E-state index in [1.165, 1.54) is 12.4 Å². The Balaban J connectivity index is 2.75. The van der Waals surface area contributed by atoms with Gasteiger partial charge in [0.2, 0.25) is 5.82 Å². The molecular weight excluding hydrogens is 182 g/mol. The maximum atomic E-state index is 10.4. The summed E-state index contributed by atoms with van der Waals surface area (Å²) in [5, 5.41) is 8.51. The zero-order valence-electron chi connectivity index (χ0n) is 7.40. The average molecular weight is 191 g/mol. The lowest BCUT2D eigenvalue weighted by molar-refractivity contribution is 0.0683. The number of rotatable bonds is 2. The summed E-state index contributed by atoms with van der Waals surface area (Å²) >= 11 is 0. The molecular formula is C9H9N3O2. The van der Waals surface area contributed by atoms with Crippen molar-refractivity contribution in [2.45, 2.75) is 6.42 Å².